The molecule has 0 unspecified atom stereocenters. The van der Waals surface area contributed by atoms with E-state index in [1.54, 1.807) is 11.3 Å². The van der Waals surface area contributed by atoms with Crippen molar-refractivity contribution in [3.8, 4) is 0 Å². The lowest BCUT2D eigenvalue weighted by molar-refractivity contribution is -0.118. The Bertz CT molecular complexity index is 515. The third kappa shape index (κ3) is 4.40. The van der Waals surface area contributed by atoms with Crippen molar-refractivity contribution in [2.24, 2.45) is 0 Å². The molecule has 2 rings (SSSR count). The largest absolute Gasteiger partial charge is 0.315 e. The Morgan fingerprint density at radius 1 is 1.37 bits per heavy atom. The van der Waals surface area contributed by atoms with E-state index in [4.69, 9.17) is 0 Å². The first kappa shape index (κ1) is 14.2. The Labute approximate surface area is 118 Å². The molecule has 1 aromatic heterocycles. The number of carbonyl (C=O) groups excluding carboxylic acids is 1. The van der Waals surface area contributed by atoms with E-state index in [1.807, 2.05) is 24.3 Å². The lowest BCUT2D eigenvalue weighted by Gasteiger charge is -2.06. The Balaban J connectivity index is 1.81. The number of benzene rings is 1. The maximum absolute atomic E-state index is 11.9. The van der Waals surface area contributed by atoms with Crippen LogP contribution in [0.25, 0.3) is 10.2 Å². The van der Waals surface area contributed by atoms with Gasteiger partial charge in [0.25, 0.3) is 0 Å². The molecule has 19 heavy (non-hydrogen) atoms. The molecule has 0 atom stereocenters. The number of aromatic nitrogens is 1. The molecule has 0 spiro atoms. The number of nitrogens with one attached hydrogen (secondary N) is 1. The van der Waals surface area contributed by atoms with Crippen LogP contribution in [0.3, 0.4) is 0 Å². The van der Waals surface area contributed by atoms with Crippen LogP contribution in [0.4, 0.5) is 0 Å². The second-order valence-electron chi connectivity index (χ2n) is 5.00. The normalized spacial score (nSPS) is 11.3. The lowest BCUT2D eigenvalue weighted by atomic mass is 10.1. The van der Waals surface area contributed by atoms with Crippen molar-refractivity contribution in [2.45, 2.75) is 39.2 Å². The Kier molecular flexibility index (Phi) is 5.05. The fourth-order valence-corrected chi connectivity index (χ4v) is 2.92. The number of fused-ring (bicyclic) bond motifs is 1. The zero-order valence-electron chi connectivity index (χ0n) is 11.5. The molecule has 1 aromatic carbocycles. The van der Waals surface area contributed by atoms with Crippen LogP contribution in [0, 0.1) is 0 Å². The topological polar surface area (TPSA) is 42.0 Å². The van der Waals surface area contributed by atoms with Crippen LogP contribution in [0.5, 0.6) is 0 Å². The first-order chi connectivity index (χ1) is 9.15. The van der Waals surface area contributed by atoms with Gasteiger partial charge in [0.1, 0.15) is 10.8 Å². The van der Waals surface area contributed by atoms with E-state index in [0.717, 1.165) is 28.2 Å². The Hall–Kier alpha value is -1.26. The van der Waals surface area contributed by atoms with Crippen LogP contribution >= 0.6 is 11.3 Å². The highest BCUT2D eigenvalue weighted by Crippen LogP contribution is 2.22. The van der Waals surface area contributed by atoms with Crippen LogP contribution in [-0.4, -0.2) is 23.4 Å². The third-order valence-corrected chi connectivity index (χ3v) is 3.91. The van der Waals surface area contributed by atoms with Gasteiger partial charge in [0, 0.05) is 12.5 Å². The van der Waals surface area contributed by atoms with Crippen molar-refractivity contribution >= 4 is 27.3 Å². The third-order valence-electron chi connectivity index (χ3n) is 2.87. The minimum Gasteiger partial charge on any atom is -0.315 e. The summed E-state index contributed by atoms with van der Waals surface area (Å²) in [5.41, 5.74) is 0.997. The number of nitrogens with zero attached hydrogens (tertiary/aromatic N) is 1. The van der Waals surface area contributed by atoms with Gasteiger partial charge >= 0.3 is 0 Å². The molecule has 2 aromatic rings. The monoisotopic (exact) mass is 276 g/mol. The number of hydrogen-bond acceptors (Lipinski definition) is 4. The molecular formula is C15H20N2OS. The van der Waals surface area contributed by atoms with Crippen LogP contribution in [0.1, 0.15) is 31.7 Å². The summed E-state index contributed by atoms with van der Waals surface area (Å²) in [5, 5.41) is 4.25. The van der Waals surface area contributed by atoms with Crippen molar-refractivity contribution in [3.05, 3.63) is 29.3 Å². The summed E-state index contributed by atoms with van der Waals surface area (Å²) in [4.78, 5) is 16.4. The highest BCUT2D eigenvalue weighted by Gasteiger charge is 2.08. The van der Waals surface area contributed by atoms with Gasteiger partial charge in [0.2, 0.25) is 0 Å². The van der Waals surface area contributed by atoms with Gasteiger partial charge in [-0.25, -0.2) is 4.98 Å². The van der Waals surface area contributed by atoms with Crippen molar-refractivity contribution in [2.75, 3.05) is 6.54 Å². The molecule has 0 aliphatic rings. The minimum absolute atomic E-state index is 0.282. The molecular weight excluding hydrogens is 256 g/mol. The van der Waals surface area contributed by atoms with E-state index in [1.165, 1.54) is 0 Å². The van der Waals surface area contributed by atoms with Gasteiger partial charge in [-0.05, 0) is 25.1 Å². The number of Topliss-reactive ketones (excluding diaryl/α,β-unsaturated/α-hetero) is 1. The molecule has 1 N–H and O–H groups in total. The van der Waals surface area contributed by atoms with E-state index in [9.17, 15) is 4.79 Å². The SMILES string of the molecule is CC(C)NCCCC(=O)Cc1nc2ccccc2s1. The number of rotatable bonds is 7. The average molecular weight is 276 g/mol. The molecule has 0 radical (unpaired) electrons. The van der Waals surface area contributed by atoms with E-state index in [-0.39, 0.29) is 5.78 Å². The van der Waals surface area contributed by atoms with Gasteiger partial charge in [-0.15, -0.1) is 11.3 Å². The van der Waals surface area contributed by atoms with Gasteiger partial charge in [0.15, 0.2) is 0 Å². The summed E-state index contributed by atoms with van der Waals surface area (Å²) >= 11 is 1.62. The van der Waals surface area contributed by atoms with Gasteiger partial charge in [-0.1, -0.05) is 26.0 Å². The fourth-order valence-electron chi connectivity index (χ4n) is 1.93. The standard InChI is InChI=1S/C15H20N2OS/c1-11(2)16-9-5-6-12(18)10-15-17-13-7-3-4-8-14(13)19-15/h3-4,7-8,11,16H,5-6,9-10H2,1-2H3. The van der Waals surface area contributed by atoms with E-state index in [0.29, 0.717) is 18.9 Å². The van der Waals surface area contributed by atoms with E-state index in [2.05, 4.69) is 24.1 Å². The molecule has 0 saturated carbocycles. The number of hydrogen-bond donors (Lipinski definition) is 1. The van der Waals surface area contributed by atoms with Crippen LogP contribution in [0.15, 0.2) is 24.3 Å². The fraction of sp³-hybridized carbons (Fsp3) is 0.467. The number of ketones is 1. The molecule has 0 aliphatic heterocycles. The number of carbonyl (C=O) groups is 1. The molecule has 0 amide bonds. The van der Waals surface area contributed by atoms with Crippen molar-refractivity contribution in [1.82, 2.24) is 10.3 Å². The highest BCUT2D eigenvalue weighted by atomic mass is 32.1. The molecule has 0 saturated heterocycles. The van der Waals surface area contributed by atoms with Crippen LogP contribution in [0.2, 0.25) is 0 Å². The Morgan fingerprint density at radius 2 is 2.16 bits per heavy atom. The van der Waals surface area contributed by atoms with Gasteiger partial charge < -0.3 is 5.32 Å². The molecule has 1 heterocycles. The van der Waals surface area contributed by atoms with Gasteiger partial charge in [-0.3, -0.25) is 4.79 Å². The van der Waals surface area contributed by atoms with Crippen molar-refractivity contribution < 1.29 is 4.79 Å². The first-order valence-corrected chi connectivity index (χ1v) is 7.56. The maximum atomic E-state index is 11.9. The molecule has 0 aliphatic carbocycles. The summed E-state index contributed by atoms with van der Waals surface area (Å²) in [6.07, 6.45) is 2.01. The molecule has 4 heteroatoms. The average Bonchev–Trinajstić information content (AvgIpc) is 2.76. The smallest absolute Gasteiger partial charge is 0.139 e. The zero-order chi connectivity index (χ0) is 13.7. The summed E-state index contributed by atoms with van der Waals surface area (Å²) in [7, 11) is 0. The summed E-state index contributed by atoms with van der Waals surface area (Å²) in [5.74, 6) is 0.282. The second kappa shape index (κ2) is 6.78. The Morgan fingerprint density at radius 3 is 2.89 bits per heavy atom. The van der Waals surface area contributed by atoms with Crippen LogP contribution in [-0.2, 0) is 11.2 Å². The summed E-state index contributed by atoms with van der Waals surface area (Å²) < 4.78 is 1.16. The molecule has 102 valence electrons. The number of para-hydroxylation sites is 1. The predicted octanol–water partition coefficient (Wildman–Crippen LogP) is 3.19. The zero-order valence-corrected chi connectivity index (χ0v) is 12.3. The van der Waals surface area contributed by atoms with E-state index < -0.39 is 0 Å². The summed E-state index contributed by atoms with van der Waals surface area (Å²) in [6, 6.07) is 8.51. The molecule has 3 nitrogen and oxygen atoms in total. The quantitative estimate of drug-likeness (QED) is 0.790. The minimum atomic E-state index is 0.282. The lowest BCUT2D eigenvalue weighted by Crippen LogP contribution is -2.24. The highest BCUT2D eigenvalue weighted by molar-refractivity contribution is 7.18. The van der Waals surface area contributed by atoms with E-state index >= 15 is 0 Å². The first-order valence-electron chi connectivity index (χ1n) is 6.74. The maximum Gasteiger partial charge on any atom is 0.139 e. The predicted molar refractivity (Wildman–Crippen MR) is 80.7 cm³/mol. The van der Waals surface area contributed by atoms with Crippen LogP contribution < -0.4 is 5.32 Å². The van der Waals surface area contributed by atoms with Crippen molar-refractivity contribution in [1.29, 1.82) is 0 Å². The molecule has 0 fully saturated rings. The second-order valence-corrected chi connectivity index (χ2v) is 6.12. The van der Waals surface area contributed by atoms with Gasteiger partial charge in [-0.2, -0.15) is 0 Å². The van der Waals surface area contributed by atoms with Crippen molar-refractivity contribution in [3.63, 3.8) is 0 Å². The molecule has 0 bridgehead atoms. The number of thiazole rings is 1. The van der Waals surface area contributed by atoms with Gasteiger partial charge in [0.05, 0.1) is 16.6 Å². The summed E-state index contributed by atoms with van der Waals surface area (Å²) in [6.45, 7) is 5.13.